The predicted octanol–water partition coefficient (Wildman–Crippen LogP) is 3.51. The zero-order valence-electron chi connectivity index (χ0n) is 15.4. The molecule has 0 saturated heterocycles. The molecule has 2 rings (SSSR count). The van der Waals surface area contributed by atoms with E-state index >= 15 is 0 Å². The fraction of sp³-hybridized carbons (Fsp3) is 0.350. The van der Waals surface area contributed by atoms with E-state index in [-0.39, 0.29) is 10.5 Å². The second-order valence-corrected chi connectivity index (χ2v) is 8.05. The summed E-state index contributed by atoms with van der Waals surface area (Å²) >= 11 is 0. The van der Waals surface area contributed by atoms with E-state index in [0.29, 0.717) is 18.8 Å². The third kappa shape index (κ3) is 6.37. The van der Waals surface area contributed by atoms with Gasteiger partial charge in [0.05, 0.1) is 10.5 Å². The zero-order chi connectivity index (χ0) is 19.7. The summed E-state index contributed by atoms with van der Waals surface area (Å²) in [7, 11) is -3.72. The van der Waals surface area contributed by atoms with Crippen molar-refractivity contribution in [2.75, 3.05) is 18.4 Å². The molecule has 0 atom stereocenters. The highest BCUT2D eigenvalue weighted by molar-refractivity contribution is 7.89. The van der Waals surface area contributed by atoms with E-state index in [1.165, 1.54) is 18.2 Å². The van der Waals surface area contributed by atoms with E-state index in [1.807, 2.05) is 37.3 Å². The monoisotopic (exact) mass is 390 g/mol. The largest absolute Gasteiger partial charge is 0.478 e. The smallest absolute Gasteiger partial charge is 0.337 e. The van der Waals surface area contributed by atoms with Gasteiger partial charge in [-0.1, -0.05) is 50.1 Å². The minimum atomic E-state index is -3.72. The standard InChI is InChI=1S/C20H26N2O4S/c1-2-3-7-13-22-27(25,26)17-10-11-19(18(15-17)20(23)24)21-14-12-16-8-5-4-6-9-16/h4-6,8-11,15,21-22H,2-3,7,12-14H2,1H3,(H,23,24). The summed E-state index contributed by atoms with van der Waals surface area (Å²) in [6.45, 7) is 2.93. The normalized spacial score (nSPS) is 11.3. The van der Waals surface area contributed by atoms with Gasteiger partial charge in [0.1, 0.15) is 0 Å². The fourth-order valence-electron chi connectivity index (χ4n) is 2.67. The Balaban J connectivity index is 2.08. The lowest BCUT2D eigenvalue weighted by atomic mass is 10.1. The molecule has 0 spiro atoms. The Morgan fingerprint density at radius 1 is 1.04 bits per heavy atom. The van der Waals surface area contributed by atoms with Crippen LogP contribution in [0.2, 0.25) is 0 Å². The summed E-state index contributed by atoms with van der Waals surface area (Å²) in [6, 6.07) is 14.0. The highest BCUT2D eigenvalue weighted by Gasteiger charge is 2.18. The number of aromatic carboxylic acids is 1. The second-order valence-electron chi connectivity index (χ2n) is 6.28. The maximum absolute atomic E-state index is 12.4. The molecule has 7 heteroatoms. The lowest BCUT2D eigenvalue weighted by Crippen LogP contribution is -2.25. The Hall–Kier alpha value is -2.38. The molecule has 0 aliphatic carbocycles. The summed E-state index contributed by atoms with van der Waals surface area (Å²) < 4.78 is 27.2. The first-order valence-electron chi connectivity index (χ1n) is 9.09. The van der Waals surface area contributed by atoms with Crippen molar-refractivity contribution in [3.63, 3.8) is 0 Å². The summed E-state index contributed by atoms with van der Waals surface area (Å²) in [4.78, 5) is 11.5. The second kappa shape index (κ2) is 10.1. The van der Waals surface area contributed by atoms with Crippen molar-refractivity contribution in [2.24, 2.45) is 0 Å². The maximum atomic E-state index is 12.4. The minimum Gasteiger partial charge on any atom is -0.478 e. The summed E-state index contributed by atoms with van der Waals surface area (Å²) in [5.74, 6) is -1.17. The van der Waals surface area contributed by atoms with Gasteiger partial charge in [-0.2, -0.15) is 0 Å². The zero-order valence-corrected chi connectivity index (χ0v) is 16.3. The Morgan fingerprint density at radius 3 is 2.44 bits per heavy atom. The summed E-state index contributed by atoms with van der Waals surface area (Å²) in [5, 5.41) is 12.5. The molecule has 0 unspecified atom stereocenters. The predicted molar refractivity (Wildman–Crippen MR) is 107 cm³/mol. The first kappa shape index (κ1) is 20.9. The van der Waals surface area contributed by atoms with E-state index in [4.69, 9.17) is 0 Å². The van der Waals surface area contributed by atoms with Crippen molar-refractivity contribution < 1.29 is 18.3 Å². The van der Waals surface area contributed by atoms with Crippen LogP contribution in [0.5, 0.6) is 0 Å². The van der Waals surface area contributed by atoms with Gasteiger partial charge < -0.3 is 10.4 Å². The average Bonchev–Trinajstić information content (AvgIpc) is 2.66. The van der Waals surface area contributed by atoms with Crippen LogP contribution in [0.15, 0.2) is 53.4 Å². The Kier molecular flexibility index (Phi) is 7.82. The maximum Gasteiger partial charge on any atom is 0.337 e. The van der Waals surface area contributed by atoms with Gasteiger partial charge in [0, 0.05) is 18.8 Å². The van der Waals surface area contributed by atoms with Crippen LogP contribution in [0.3, 0.4) is 0 Å². The van der Waals surface area contributed by atoms with Gasteiger partial charge in [-0.05, 0) is 36.6 Å². The number of unbranched alkanes of at least 4 members (excludes halogenated alkanes) is 2. The van der Waals surface area contributed by atoms with Crippen LogP contribution in [-0.2, 0) is 16.4 Å². The number of carboxylic acid groups (broad SMARTS) is 1. The molecule has 3 N–H and O–H groups in total. The first-order valence-corrected chi connectivity index (χ1v) is 10.6. The van der Waals surface area contributed by atoms with Crippen molar-refractivity contribution >= 4 is 21.7 Å². The van der Waals surface area contributed by atoms with Gasteiger partial charge in [0.15, 0.2) is 0 Å². The fourth-order valence-corrected chi connectivity index (χ4v) is 3.77. The summed E-state index contributed by atoms with van der Waals surface area (Å²) in [5.41, 5.74) is 1.49. The van der Waals surface area contributed by atoms with Crippen LogP contribution >= 0.6 is 0 Å². The van der Waals surface area contributed by atoms with Crippen molar-refractivity contribution in [2.45, 2.75) is 37.5 Å². The molecule has 0 aliphatic heterocycles. The van der Waals surface area contributed by atoms with Crippen molar-refractivity contribution in [3.8, 4) is 0 Å². The Labute approximate surface area is 160 Å². The van der Waals surface area contributed by atoms with E-state index in [2.05, 4.69) is 10.0 Å². The first-order chi connectivity index (χ1) is 12.9. The number of carboxylic acids is 1. The van der Waals surface area contributed by atoms with Crippen molar-refractivity contribution in [1.82, 2.24) is 4.72 Å². The highest BCUT2D eigenvalue weighted by atomic mass is 32.2. The van der Waals surface area contributed by atoms with E-state index in [0.717, 1.165) is 31.2 Å². The molecule has 2 aromatic rings. The van der Waals surface area contributed by atoms with Gasteiger partial charge in [-0.3, -0.25) is 0 Å². The number of carbonyl (C=O) groups is 1. The third-order valence-electron chi connectivity index (χ3n) is 4.18. The molecule has 0 heterocycles. The van der Waals surface area contributed by atoms with Crippen LogP contribution in [0, 0.1) is 0 Å². The molecule has 2 aromatic carbocycles. The van der Waals surface area contributed by atoms with Gasteiger partial charge in [0.25, 0.3) is 0 Å². The Bertz CT molecular complexity index is 852. The number of benzene rings is 2. The molecule has 6 nitrogen and oxygen atoms in total. The highest BCUT2D eigenvalue weighted by Crippen LogP contribution is 2.21. The van der Waals surface area contributed by atoms with Gasteiger partial charge >= 0.3 is 5.97 Å². The van der Waals surface area contributed by atoms with E-state index in [1.54, 1.807) is 0 Å². The van der Waals surface area contributed by atoms with Crippen LogP contribution in [0.4, 0.5) is 5.69 Å². The van der Waals surface area contributed by atoms with E-state index in [9.17, 15) is 18.3 Å². The molecule has 27 heavy (non-hydrogen) atoms. The molecule has 0 fully saturated rings. The number of hydrogen-bond acceptors (Lipinski definition) is 4. The quantitative estimate of drug-likeness (QED) is 0.510. The van der Waals surface area contributed by atoms with Crippen molar-refractivity contribution in [3.05, 3.63) is 59.7 Å². The number of sulfonamides is 1. The van der Waals surface area contributed by atoms with Crippen LogP contribution in [0.25, 0.3) is 0 Å². The van der Waals surface area contributed by atoms with Gasteiger partial charge in [-0.25, -0.2) is 17.9 Å². The number of nitrogens with one attached hydrogen (secondary N) is 2. The topological polar surface area (TPSA) is 95.5 Å². The van der Waals surface area contributed by atoms with E-state index < -0.39 is 16.0 Å². The van der Waals surface area contributed by atoms with Crippen LogP contribution in [0.1, 0.15) is 42.1 Å². The SMILES string of the molecule is CCCCCNS(=O)(=O)c1ccc(NCCc2ccccc2)c(C(=O)O)c1. The molecule has 146 valence electrons. The lowest BCUT2D eigenvalue weighted by molar-refractivity contribution is 0.0697. The van der Waals surface area contributed by atoms with Gasteiger partial charge in [-0.15, -0.1) is 0 Å². The Morgan fingerprint density at radius 2 is 1.78 bits per heavy atom. The lowest BCUT2D eigenvalue weighted by Gasteiger charge is -2.12. The molecular formula is C20H26N2O4S. The number of rotatable bonds is 11. The van der Waals surface area contributed by atoms with Crippen LogP contribution < -0.4 is 10.0 Å². The number of hydrogen-bond donors (Lipinski definition) is 3. The molecule has 0 radical (unpaired) electrons. The molecule has 0 aliphatic rings. The van der Waals surface area contributed by atoms with Gasteiger partial charge in [0.2, 0.25) is 10.0 Å². The average molecular weight is 391 g/mol. The third-order valence-corrected chi connectivity index (χ3v) is 5.63. The van der Waals surface area contributed by atoms with Crippen molar-refractivity contribution in [1.29, 1.82) is 0 Å². The molecule has 0 saturated carbocycles. The molecule has 0 amide bonds. The minimum absolute atomic E-state index is 0.0370. The van der Waals surface area contributed by atoms with Crippen LogP contribution in [-0.4, -0.2) is 32.6 Å². The molecule has 0 bridgehead atoms. The number of anilines is 1. The molecular weight excluding hydrogens is 364 g/mol. The molecule has 0 aromatic heterocycles. The summed E-state index contributed by atoms with van der Waals surface area (Å²) in [6.07, 6.45) is 3.42.